The van der Waals surface area contributed by atoms with Crippen molar-refractivity contribution in [2.45, 2.75) is 59.3 Å². The maximum absolute atomic E-state index is 2.38. The molecule has 0 aromatic heterocycles. The second kappa shape index (κ2) is 3.29. The summed E-state index contributed by atoms with van der Waals surface area (Å²) < 4.78 is 0. The van der Waals surface area contributed by atoms with Crippen molar-refractivity contribution >= 4 is 0 Å². The molecule has 76 valence electrons. The minimum Gasteiger partial charge on any atom is -0.0602 e. The van der Waals surface area contributed by atoms with E-state index in [1.54, 1.807) is 25.7 Å². The molecule has 0 heterocycles. The summed E-state index contributed by atoms with van der Waals surface area (Å²) in [5, 5.41) is 0. The molecule has 0 nitrogen and oxygen atoms in total. The maximum atomic E-state index is 2.38. The molecule has 0 atom stereocenters. The SMILES string of the molecule is CC(C)(C)CCC1C2CCC1CC2. The number of rotatable bonds is 2. The van der Waals surface area contributed by atoms with Crippen LogP contribution in [-0.4, -0.2) is 0 Å². The van der Waals surface area contributed by atoms with Crippen molar-refractivity contribution in [3.05, 3.63) is 0 Å². The number of fused-ring (bicyclic) bond motifs is 2. The maximum Gasteiger partial charge on any atom is -0.0357 e. The van der Waals surface area contributed by atoms with Crippen molar-refractivity contribution in [1.29, 1.82) is 0 Å². The highest BCUT2D eigenvalue weighted by atomic mass is 14.5. The van der Waals surface area contributed by atoms with Crippen LogP contribution in [0.4, 0.5) is 0 Å². The van der Waals surface area contributed by atoms with Gasteiger partial charge in [-0.15, -0.1) is 0 Å². The third kappa shape index (κ3) is 2.08. The van der Waals surface area contributed by atoms with E-state index in [-0.39, 0.29) is 0 Å². The van der Waals surface area contributed by atoms with Crippen molar-refractivity contribution in [3.63, 3.8) is 0 Å². The van der Waals surface area contributed by atoms with E-state index >= 15 is 0 Å². The van der Waals surface area contributed by atoms with Crippen LogP contribution in [0.5, 0.6) is 0 Å². The molecule has 0 aromatic carbocycles. The Morgan fingerprint density at radius 3 is 1.77 bits per heavy atom. The van der Waals surface area contributed by atoms with E-state index in [4.69, 9.17) is 0 Å². The lowest BCUT2D eigenvalue weighted by molar-refractivity contribution is 0.284. The molecule has 2 fully saturated rings. The summed E-state index contributed by atoms with van der Waals surface area (Å²) in [5.41, 5.74) is 0.558. The predicted molar refractivity (Wildman–Crippen MR) is 57.6 cm³/mol. The van der Waals surface area contributed by atoms with Crippen LogP contribution in [0.25, 0.3) is 0 Å². The zero-order valence-corrected chi connectivity index (χ0v) is 9.47. The van der Waals surface area contributed by atoms with Crippen LogP contribution < -0.4 is 0 Å². The molecule has 2 rings (SSSR count). The number of hydrogen-bond donors (Lipinski definition) is 0. The second-order valence-electron chi connectivity index (χ2n) is 6.44. The summed E-state index contributed by atoms with van der Waals surface area (Å²) in [6, 6.07) is 0. The third-order valence-corrected chi connectivity index (χ3v) is 4.26. The van der Waals surface area contributed by atoms with E-state index in [9.17, 15) is 0 Å². The molecule has 0 amide bonds. The second-order valence-corrected chi connectivity index (χ2v) is 6.44. The minimum absolute atomic E-state index is 0.558. The fourth-order valence-electron chi connectivity index (χ4n) is 3.46. The first-order valence-electron chi connectivity index (χ1n) is 6.06. The Balaban J connectivity index is 1.83. The standard InChI is InChI=1S/C13H24/c1-13(2,3)9-8-12-10-4-5-11(12)7-6-10/h10-12H,4-9H2,1-3H3. The van der Waals surface area contributed by atoms with Crippen LogP contribution >= 0.6 is 0 Å². The summed E-state index contributed by atoms with van der Waals surface area (Å²) in [6.45, 7) is 7.14. The summed E-state index contributed by atoms with van der Waals surface area (Å²) in [5.74, 6) is 3.39. The van der Waals surface area contributed by atoms with Gasteiger partial charge in [0.25, 0.3) is 0 Å². The highest BCUT2D eigenvalue weighted by Crippen LogP contribution is 2.51. The van der Waals surface area contributed by atoms with Gasteiger partial charge in [0.2, 0.25) is 0 Å². The lowest BCUT2D eigenvalue weighted by Gasteiger charge is -2.22. The van der Waals surface area contributed by atoms with Gasteiger partial charge in [-0.3, -0.25) is 0 Å². The zero-order chi connectivity index (χ0) is 9.47. The van der Waals surface area contributed by atoms with E-state index in [1.807, 2.05) is 0 Å². The van der Waals surface area contributed by atoms with E-state index in [2.05, 4.69) is 20.8 Å². The van der Waals surface area contributed by atoms with Crippen LogP contribution in [0.3, 0.4) is 0 Å². The Bertz CT molecular complexity index is 155. The summed E-state index contributed by atoms with van der Waals surface area (Å²) >= 11 is 0. The van der Waals surface area contributed by atoms with Crippen LogP contribution in [-0.2, 0) is 0 Å². The van der Waals surface area contributed by atoms with Crippen LogP contribution in [0.2, 0.25) is 0 Å². The van der Waals surface area contributed by atoms with Crippen molar-refractivity contribution in [3.8, 4) is 0 Å². The van der Waals surface area contributed by atoms with E-state index in [0.29, 0.717) is 5.41 Å². The quantitative estimate of drug-likeness (QED) is 0.596. The molecule has 0 radical (unpaired) electrons. The van der Waals surface area contributed by atoms with Crippen molar-refractivity contribution in [2.24, 2.45) is 23.2 Å². The molecule has 0 aliphatic heterocycles. The predicted octanol–water partition coefficient (Wildman–Crippen LogP) is 4.25. The van der Waals surface area contributed by atoms with Gasteiger partial charge in [0.1, 0.15) is 0 Å². The molecule has 2 saturated carbocycles. The molecule has 0 unspecified atom stereocenters. The molecule has 2 bridgehead atoms. The van der Waals surface area contributed by atoms with E-state index in [0.717, 1.165) is 17.8 Å². The first kappa shape index (κ1) is 9.55. The van der Waals surface area contributed by atoms with E-state index in [1.165, 1.54) is 12.8 Å². The molecule has 0 spiro atoms. The molecule has 2 aliphatic rings. The Kier molecular flexibility index (Phi) is 2.42. The zero-order valence-electron chi connectivity index (χ0n) is 9.47. The largest absolute Gasteiger partial charge is 0.0602 e. The molecule has 0 saturated heterocycles. The molecular weight excluding hydrogens is 156 g/mol. The molecular formula is C13H24. The fourth-order valence-corrected chi connectivity index (χ4v) is 3.46. The average molecular weight is 180 g/mol. The molecule has 0 heteroatoms. The minimum atomic E-state index is 0.558. The highest BCUT2D eigenvalue weighted by Gasteiger charge is 2.41. The molecule has 0 N–H and O–H groups in total. The van der Waals surface area contributed by atoms with Crippen molar-refractivity contribution < 1.29 is 0 Å². The molecule has 13 heavy (non-hydrogen) atoms. The van der Waals surface area contributed by atoms with E-state index < -0.39 is 0 Å². The monoisotopic (exact) mass is 180 g/mol. The Morgan fingerprint density at radius 2 is 1.38 bits per heavy atom. The van der Waals surface area contributed by atoms with Gasteiger partial charge in [0, 0.05) is 0 Å². The molecule has 0 aromatic rings. The first-order valence-corrected chi connectivity index (χ1v) is 6.06. The summed E-state index contributed by atoms with van der Waals surface area (Å²) in [7, 11) is 0. The van der Waals surface area contributed by atoms with Gasteiger partial charge in [0.05, 0.1) is 0 Å². The van der Waals surface area contributed by atoms with Crippen LogP contribution in [0.1, 0.15) is 59.3 Å². The number of hydrogen-bond acceptors (Lipinski definition) is 0. The van der Waals surface area contributed by atoms with Crippen LogP contribution in [0.15, 0.2) is 0 Å². The Hall–Kier alpha value is 0. The van der Waals surface area contributed by atoms with Gasteiger partial charge in [0.15, 0.2) is 0 Å². The van der Waals surface area contributed by atoms with Gasteiger partial charge in [-0.05, 0) is 61.7 Å². The average Bonchev–Trinajstić information content (AvgIpc) is 2.57. The van der Waals surface area contributed by atoms with Gasteiger partial charge in [-0.1, -0.05) is 20.8 Å². The van der Waals surface area contributed by atoms with Gasteiger partial charge < -0.3 is 0 Å². The smallest absolute Gasteiger partial charge is 0.0357 e. The topological polar surface area (TPSA) is 0 Å². The summed E-state index contributed by atoms with van der Waals surface area (Å²) in [6.07, 6.45) is 9.17. The highest BCUT2D eigenvalue weighted by molar-refractivity contribution is 4.91. The lowest BCUT2D eigenvalue weighted by Crippen LogP contribution is -2.12. The van der Waals surface area contributed by atoms with Gasteiger partial charge in [-0.2, -0.15) is 0 Å². The molecule has 2 aliphatic carbocycles. The van der Waals surface area contributed by atoms with Gasteiger partial charge >= 0.3 is 0 Å². The third-order valence-electron chi connectivity index (χ3n) is 4.26. The first-order chi connectivity index (χ1) is 6.06. The van der Waals surface area contributed by atoms with Gasteiger partial charge in [-0.25, -0.2) is 0 Å². The normalized spacial score (nSPS) is 38.5. The Labute approximate surface area is 83.1 Å². The Morgan fingerprint density at radius 1 is 0.923 bits per heavy atom. The lowest BCUT2D eigenvalue weighted by atomic mass is 9.83. The summed E-state index contributed by atoms with van der Waals surface area (Å²) in [4.78, 5) is 0. The van der Waals surface area contributed by atoms with Crippen LogP contribution in [0, 0.1) is 23.2 Å². The fraction of sp³-hybridized carbons (Fsp3) is 1.00. The van der Waals surface area contributed by atoms with Crippen molar-refractivity contribution in [2.75, 3.05) is 0 Å². The van der Waals surface area contributed by atoms with Crippen molar-refractivity contribution in [1.82, 2.24) is 0 Å².